The Hall–Kier alpha value is -1.42. The van der Waals surface area contributed by atoms with Gasteiger partial charge in [0.1, 0.15) is 0 Å². The molecule has 0 unspecified atom stereocenters. The fraction of sp³-hybridized carbons (Fsp3) is 0.733. The maximum absolute atomic E-state index is 11.7. The van der Waals surface area contributed by atoms with E-state index in [-0.39, 0.29) is 30.0 Å². The Morgan fingerprint density at radius 3 is 2.28 bits per heavy atom. The van der Waals surface area contributed by atoms with E-state index < -0.39 is 12.1 Å². The summed E-state index contributed by atoms with van der Waals surface area (Å²) in [5, 5.41) is 9.87. The maximum atomic E-state index is 11.7. The molecule has 1 aliphatic carbocycles. The fourth-order valence-electron chi connectivity index (χ4n) is 2.25. The van der Waals surface area contributed by atoms with Crippen LogP contribution in [0.2, 0.25) is 0 Å². The second-order valence-electron chi connectivity index (χ2n) is 5.60. The quantitative estimate of drug-likeness (QED) is 0.371. The van der Waals surface area contributed by atoms with Crippen molar-refractivity contribution in [2.45, 2.75) is 51.5 Å². The molecular weight excluding hydrogens is 364 g/mol. The molecule has 10 heteroatoms. The summed E-state index contributed by atoms with van der Waals surface area (Å²) in [6.07, 6.45) is 5.63. The van der Waals surface area contributed by atoms with Crippen LogP contribution < -0.4 is 21.3 Å². The number of hydrogen-bond acceptors (Lipinski definition) is 6. The van der Waals surface area contributed by atoms with Gasteiger partial charge in [-0.2, -0.15) is 0 Å². The van der Waals surface area contributed by atoms with Gasteiger partial charge in [-0.25, -0.2) is 9.59 Å². The van der Waals surface area contributed by atoms with E-state index in [9.17, 15) is 19.2 Å². The van der Waals surface area contributed by atoms with Crippen LogP contribution in [0.15, 0.2) is 0 Å². The first-order valence-electron chi connectivity index (χ1n) is 8.43. The predicted molar refractivity (Wildman–Crippen MR) is 100 cm³/mol. The zero-order valence-corrected chi connectivity index (χ0v) is 16.0. The van der Waals surface area contributed by atoms with E-state index in [4.69, 9.17) is 0 Å². The number of imide groups is 2. The Morgan fingerprint density at radius 1 is 0.920 bits per heavy atom. The van der Waals surface area contributed by atoms with Crippen LogP contribution in [-0.4, -0.2) is 48.0 Å². The van der Waals surface area contributed by atoms with Gasteiger partial charge in [-0.15, -0.1) is 0 Å². The zero-order valence-electron chi connectivity index (χ0n) is 14.4. The molecule has 0 aliphatic heterocycles. The summed E-state index contributed by atoms with van der Waals surface area (Å²) in [4.78, 5) is 45.6. The first kappa shape index (κ1) is 21.6. The molecule has 0 spiro atoms. The molecule has 0 saturated heterocycles. The molecule has 0 aromatic carbocycles. The van der Waals surface area contributed by atoms with Crippen LogP contribution in [0.3, 0.4) is 0 Å². The largest absolute Gasteiger partial charge is 0.337 e. The van der Waals surface area contributed by atoms with E-state index in [2.05, 4.69) is 21.3 Å². The third-order valence-corrected chi connectivity index (χ3v) is 5.78. The Kier molecular flexibility index (Phi) is 11.1. The van der Waals surface area contributed by atoms with Gasteiger partial charge in [0.25, 0.3) is 0 Å². The molecule has 6 amide bonds. The van der Waals surface area contributed by atoms with Gasteiger partial charge < -0.3 is 10.6 Å². The van der Waals surface area contributed by atoms with Crippen molar-refractivity contribution in [3.63, 3.8) is 0 Å². The van der Waals surface area contributed by atoms with Crippen LogP contribution in [0.1, 0.15) is 45.4 Å². The molecule has 25 heavy (non-hydrogen) atoms. The molecule has 1 fully saturated rings. The van der Waals surface area contributed by atoms with Crippen molar-refractivity contribution in [2.75, 3.05) is 18.1 Å². The normalized spacial score (nSPS) is 14.4. The first-order valence-corrected chi connectivity index (χ1v) is 10.9. The van der Waals surface area contributed by atoms with E-state index in [1.165, 1.54) is 28.0 Å². The second-order valence-corrected chi connectivity index (χ2v) is 8.18. The number of rotatable bonds is 8. The number of urea groups is 2. The standard InChI is InChI=1S/C15H26N4O4S2/c1-2-12(20)18-14(22)16-8-9-24-25-10-13(21)19-15(23)17-11-6-4-3-5-7-11/h11H,2-10H2,1H3,(H2,16,18,20,22)(H2,17,19,21,23). The summed E-state index contributed by atoms with van der Waals surface area (Å²) in [6, 6.07) is -0.781. The number of amides is 6. The highest BCUT2D eigenvalue weighted by atomic mass is 33.1. The number of hydrogen-bond donors (Lipinski definition) is 4. The van der Waals surface area contributed by atoms with Crippen molar-refractivity contribution in [2.24, 2.45) is 0 Å². The van der Waals surface area contributed by atoms with Crippen LogP contribution in [0, 0.1) is 0 Å². The summed E-state index contributed by atoms with van der Waals surface area (Å²) >= 11 is 0. The summed E-state index contributed by atoms with van der Waals surface area (Å²) in [5.41, 5.74) is 0. The van der Waals surface area contributed by atoms with Crippen LogP contribution in [0.4, 0.5) is 9.59 Å². The van der Waals surface area contributed by atoms with Gasteiger partial charge in [0.05, 0.1) is 5.75 Å². The average Bonchev–Trinajstić information content (AvgIpc) is 2.58. The lowest BCUT2D eigenvalue weighted by Crippen LogP contribution is -2.45. The van der Waals surface area contributed by atoms with Crippen molar-refractivity contribution in [3.05, 3.63) is 0 Å². The molecule has 8 nitrogen and oxygen atoms in total. The summed E-state index contributed by atoms with van der Waals surface area (Å²) in [7, 11) is 2.71. The van der Waals surface area contributed by atoms with Crippen LogP contribution in [-0.2, 0) is 9.59 Å². The summed E-state index contributed by atoms with van der Waals surface area (Å²) in [5.74, 6) is 0.0659. The first-order chi connectivity index (χ1) is 12.0. The van der Waals surface area contributed by atoms with E-state index >= 15 is 0 Å². The highest BCUT2D eigenvalue weighted by molar-refractivity contribution is 8.76. The van der Waals surface area contributed by atoms with E-state index in [0.717, 1.165) is 25.7 Å². The molecule has 0 atom stereocenters. The van der Waals surface area contributed by atoms with Crippen molar-refractivity contribution in [1.82, 2.24) is 21.3 Å². The molecular formula is C15H26N4O4S2. The highest BCUT2D eigenvalue weighted by Gasteiger charge is 2.16. The van der Waals surface area contributed by atoms with E-state index in [1.54, 1.807) is 6.92 Å². The second kappa shape index (κ2) is 12.9. The Morgan fingerprint density at radius 2 is 1.60 bits per heavy atom. The van der Waals surface area contributed by atoms with Gasteiger partial charge in [0.15, 0.2) is 0 Å². The lowest BCUT2D eigenvalue weighted by molar-refractivity contribution is -0.120. The zero-order chi connectivity index (χ0) is 18.5. The molecule has 0 radical (unpaired) electrons. The lowest BCUT2D eigenvalue weighted by atomic mass is 9.96. The lowest BCUT2D eigenvalue weighted by Gasteiger charge is -2.22. The molecule has 0 bridgehead atoms. The molecule has 4 N–H and O–H groups in total. The molecule has 1 rings (SSSR count). The van der Waals surface area contributed by atoms with Gasteiger partial charge in [-0.3, -0.25) is 20.2 Å². The third-order valence-electron chi connectivity index (χ3n) is 3.51. The van der Waals surface area contributed by atoms with Crippen molar-refractivity contribution in [1.29, 1.82) is 0 Å². The van der Waals surface area contributed by atoms with Gasteiger partial charge in [0.2, 0.25) is 11.8 Å². The minimum Gasteiger partial charge on any atom is -0.337 e. The number of nitrogens with one attached hydrogen (secondary N) is 4. The molecule has 0 aromatic heterocycles. The van der Waals surface area contributed by atoms with Crippen LogP contribution in [0.5, 0.6) is 0 Å². The smallest absolute Gasteiger partial charge is 0.321 e. The van der Waals surface area contributed by atoms with Gasteiger partial charge >= 0.3 is 12.1 Å². The van der Waals surface area contributed by atoms with Crippen molar-refractivity contribution in [3.8, 4) is 0 Å². The topological polar surface area (TPSA) is 116 Å². The van der Waals surface area contributed by atoms with Gasteiger partial charge in [0, 0.05) is 24.8 Å². The molecule has 1 aliphatic rings. The monoisotopic (exact) mass is 390 g/mol. The Bertz CT molecular complexity index is 470. The Labute approximate surface area is 155 Å². The maximum Gasteiger partial charge on any atom is 0.321 e. The Balaban J connectivity index is 2.00. The van der Waals surface area contributed by atoms with Crippen molar-refractivity contribution >= 4 is 45.5 Å². The minimum absolute atomic E-state index is 0.156. The average molecular weight is 391 g/mol. The minimum atomic E-state index is -0.519. The SMILES string of the molecule is CCC(=O)NC(=O)NCCSSCC(=O)NC(=O)NC1CCCCC1. The molecule has 142 valence electrons. The summed E-state index contributed by atoms with van der Waals surface area (Å²) in [6.45, 7) is 2.04. The van der Waals surface area contributed by atoms with Crippen LogP contribution in [0.25, 0.3) is 0 Å². The number of carbonyl (C=O) groups excluding carboxylic acids is 4. The molecule has 0 heterocycles. The van der Waals surface area contributed by atoms with E-state index in [0.29, 0.717) is 12.3 Å². The molecule has 1 saturated carbocycles. The third kappa shape index (κ3) is 10.9. The fourth-order valence-corrected chi connectivity index (χ4v) is 3.99. The number of carbonyl (C=O) groups is 4. The van der Waals surface area contributed by atoms with Gasteiger partial charge in [-0.1, -0.05) is 47.8 Å². The highest BCUT2D eigenvalue weighted by Crippen LogP contribution is 2.20. The summed E-state index contributed by atoms with van der Waals surface area (Å²) < 4.78 is 0. The molecule has 0 aromatic rings. The van der Waals surface area contributed by atoms with Crippen molar-refractivity contribution < 1.29 is 19.2 Å². The van der Waals surface area contributed by atoms with E-state index in [1.807, 2.05) is 0 Å². The van der Waals surface area contributed by atoms with Crippen LogP contribution >= 0.6 is 21.6 Å². The van der Waals surface area contributed by atoms with Gasteiger partial charge in [-0.05, 0) is 12.8 Å². The predicted octanol–water partition coefficient (Wildman–Crippen LogP) is 1.76.